The summed E-state index contributed by atoms with van der Waals surface area (Å²) in [5, 5.41) is 18.6. The normalized spacial score (nSPS) is 39.9. The maximum absolute atomic E-state index is 13.0. The largest absolute Gasteiger partial charge is 0.464 e. The first-order valence-corrected chi connectivity index (χ1v) is 43.6. The number of aliphatic hydroxyl groups excluding tert-OH is 2. The molecule has 16 heterocycles. The van der Waals surface area contributed by atoms with Crippen molar-refractivity contribution in [1.82, 2.24) is 0 Å². The molecule has 31 unspecified atom stereocenters. The SMILES string of the molecule is C=C(C)C(=O)OC1C(=O)OC2C(OC(C)=O)C(OC(C)=O)OC12.C=C(C)C(=O)OC1C(=O)OC2C(OC)C(OC)OC12.C=C(COC(=O)C12CC3CC(CC(C3)C1)C2)C(=O)OC1C(=O)OC2C3OC(C)(C)OC3OC12.C=C(COC1CCOC1=O)C(=O)OC1C(=O)OC2C3OC(C)(C)OC3OC12.C=CC(=O)OC1C(=O)OC2C(O)C(O)OC12.C=CC(=O)OC1C(=O)OC2C3OC(C)(C)OC3OC12. The van der Waals surface area contributed by atoms with Crippen molar-refractivity contribution >= 4 is 95.5 Å². The first-order valence-electron chi connectivity index (χ1n) is 43.6. The topological polar surface area (TPSA) is 600 Å². The predicted molar refractivity (Wildman–Crippen MR) is 429 cm³/mol. The molecule has 0 radical (unpaired) electrons. The van der Waals surface area contributed by atoms with Crippen LogP contribution in [0.2, 0.25) is 0 Å². The summed E-state index contributed by atoms with van der Waals surface area (Å²) in [7, 11) is 2.91. The highest BCUT2D eigenvalue weighted by Gasteiger charge is 2.70. The third kappa shape index (κ3) is 21.7. The third-order valence-corrected chi connectivity index (χ3v) is 24.8. The van der Waals surface area contributed by atoms with Crippen molar-refractivity contribution in [3.8, 4) is 0 Å². The van der Waals surface area contributed by atoms with Crippen LogP contribution in [0.25, 0.3) is 0 Å². The van der Waals surface area contributed by atoms with Gasteiger partial charge in [0.25, 0.3) is 0 Å². The molecular weight excluding hydrogens is 1840 g/mol. The zero-order valence-electron chi connectivity index (χ0n) is 76.2. The molecule has 0 aromatic rings. The lowest BCUT2D eigenvalue weighted by molar-refractivity contribution is -0.216. The van der Waals surface area contributed by atoms with E-state index in [0.29, 0.717) is 24.2 Å². The van der Waals surface area contributed by atoms with Gasteiger partial charge in [-0.25, -0.2) is 62.3 Å². The Morgan fingerprint density at radius 1 is 0.387 bits per heavy atom. The first-order chi connectivity index (χ1) is 64.5. The second-order valence-electron chi connectivity index (χ2n) is 36.4. The molecule has 49 nitrogen and oxygen atoms in total. The van der Waals surface area contributed by atoms with Crippen LogP contribution in [0.5, 0.6) is 0 Å². The summed E-state index contributed by atoms with van der Waals surface area (Å²) in [5.74, 6) is -11.7. The van der Waals surface area contributed by atoms with Crippen LogP contribution >= 0.6 is 0 Å². The summed E-state index contributed by atoms with van der Waals surface area (Å²) >= 11 is 0. The van der Waals surface area contributed by atoms with E-state index in [1.807, 2.05) is 0 Å². The molecule has 20 aliphatic rings. The standard InChI is InChI=1S/C24H30O9.C17H20O10.C14H16O9.C12H14O7.C12H16O7.C9H10O7/c1-11(10-28-22(27)24-7-12-4-13(8-24)6-14(5-12)9-24)19(25)30-17-15-16(29-20(17)26)18-21(31-15)33-23(2,3)32-18;1-7(6-22-8-4-5-21-14(8)19)13(18)24-11-9-10(23-15(11)20)12-16(25-9)27-17(2,3)26-12;1-5(2)12(17)22-10-8-9(21-13(10)18)11(19-6(3)15)14(23-8)20-7(4)16;1-4-5(13)15-8-6-7(16-10(8)14)9-11(17-6)19-12(2,3)18-9;1-5(2)10(13)18-8-6-7(17-11(8)14)9(15-3)12(16-4)19-6;1-2-3(10)14-7-6-5(15-9(7)13)4(11)8(12)16-6/h12-18,21H,1,4-10H2,2-3H3;8-12,16H,1,4-6H2,2-3H3;8-11,14H,1H2,2-4H3;4,6-9,11H,1H2,2-3H3;6-9,12H,1H2,2-4H3;2,4-8,11-12H,1H2. The number of rotatable bonds is 22. The van der Waals surface area contributed by atoms with E-state index in [-0.39, 0.29) is 48.1 Å². The number of esters is 16. The van der Waals surface area contributed by atoms with Gasteiger partial charge in [-0.3, -0.25) is 14.4 Å². The van der Waals surface area contributed by atoms with Crippen molar-refractivity contribution in [2.45, 2.75) is 322 Å². The summed E-state index contributed by atoms with van der Waals surface area (Å²) in [6.45, 7) is 36.0. The van der Waals surface area contributed by atoms with E-state index in [0.717, 1.165) is 45.3 Å². The van der Waals surface area contributed by atoms with E-state index in [1.165, 1.54) is 47.3 Å². The average molecular weight is 1950 g/mol. The number of fused-ring (bicyclic) bond motifs is 12. The Morgan fingerprint density at radius 3 is 1.10 bits per heavy atom. The van der Waals surface area contributed by atoms with Crippen LogP contribution in [-0.4, -0.2) is 347 Å². The van der Waals surface area contributed by atoms with E-state index < -0.39 is 303 Å². The molecule has 49 heteroatoms. The van der Waals surface area contributed by atoms with Crippen molar-refractivity contribution < 1.29 is 234 Å². The minimum atomic E-state index is -1.45. The molecule has 31 atom stereocenters. The summed E-state index contributed by atoms with van der Waals surface area (Å²) in [6.07, 6.45) is -19.5. The van der Waals surface area contributed by atoms with E-state index in [1.54, 1.807) is 41.5 Å². The van der Waals surface area contributed by atoms with Crippen LogP contribution in [0, 0.1) is 23.2 Å². The minimum Gasteiger partial charge on any atom is -0.464 e. The lowest BCUT2D eigenvalue weighted by Gasteiger charge is -2.55. The molecule has 752 valence electrons. The number of aliphatic hydroxyl groups is 2. The summed E-state index contributed by atoms with van der Waals surface area (Å²) in [4.78, 5) is 188. The molecule has 137 heavy (non-hydrogen) atoms. The summed E-state index contributed by atoms with van der Waals surface area (Å²) in [6, 6.07) is 0. The summed E-state index contributed by atoms with van der Waals surface area (Å²) in [5.41, 5.74) is -0.202. The molecule has 0 aromatic heterocycles. The fourth-order valence-corrected chi connectivity index (χ4v) is 19.3. The molecule has 4 bridgehead atoms. The Bertz CT molecular complexity index is 4800. The van der Waals surface area contributed by atoms with Crippen molar-refractivity contribution in [1.29, 1.82) is 0 Å². The molecule has 0 spiro atoms. The highest BCUT2D eigenvalue weighted by molar-refractivity contribution is 5.94. The van der Waals surface area contributed by atoms with E-state index in [2.05, 4.69) is 39.5 Å². The highest BCUT2D eigenvalue weighted by atomic mass is 16.9. The van der Waals surface area contributed by atoms with Gasteiger partial charge in [-0.2, -0.15) is 0 Å². The van der Waals surface area contributed by atoms with Crippen LogP contribution in [0.1, 0.15) is 114 Å². The van der Waals surface area contributed by atoms with Crippen LogP contribution < -0.4 is 0 Å². The van der Waals surface area contributed by atoms with Gasteiger partial charge in [0.1, 0.15) is 49.3 Å². The number of hydrogen-bond donors (Lipinski definition) is 2. The molecule has 2 N–H and O–H groups in total. The van der Waals surface area contributed by atoms with Crippen molar-refractivity contribution in [2.24, 2.45) is 23.2 Å². The molecule has 20 fully saturated rings. The second kappa shape index (κ2) is 40.6. The van der Waals surface area contributed by atoms with Gasteiger partial charge in [-0.1, -0.05) is 39.5 Å². The van der Waals surface area contributed by atoms with Gasteiger partial charge in [0.2, 0.25) is 49.0 Å². The average Bonchev–Trinajstić information content (AvgIpc) is 1.52. The van der Waals surface area contributed by atoms with Crippen LogP contribution in [0.15, 0.2) is 73.9 Å². The smallest absolute Gasteiger partial charge is 0.350 e. The Balaban J connectivity index is 0.000000134. The van der Waals surface area contributed by atoms with Crippen molar-refractivity contribution in [2.75, 3.05) is 34.0 Å². The van der Waals surface area contributed by atoms with E-state index in [9.17, 15) is 86.9 Å². The first kappa shape index (κ1) is 102. The Kier molecular flexibility index (Phi) is 30.3. The second-order valence-corrected chi connectivity index (χ2v) is 36.4. The maximum atomic E-state index is 13.0. The zero-order chi connectivity index (χ0) is 99.6. The van der Waals surface area contributed by atoms with Gasteiger partial charge < -0.3 is 157 Å². The number of methoxy groups -OCH3 is 2. The van der Waals surface area contributed by atoms with E-state index in [4.69, 9.17) is 147 Å². The molecule has 4 saturated carbocycles. The van der Waals surface area contributed by atoms with Gasteiger partial charge in [-0.15, -0.1) is 0 Å². The third-order valence-electron chi connectivity index (χ3n) is 24.8. The van der Waals surface area contributed by atoms with Gasteiger partial charge in [0.05, 0.1) is 29.8 Å². The maximum Gasteiger partial charge on any atom is 0.350 e. The van der Waals surface area contributed by atoms with E-state index >= 15 is 0 Å². The van der Waals surface area contributed by atoms with Gasteiger partial charge >= 0.3 is 95.5 Å². The number of carbonyl (C=O) groups excluding carboxylic acids is 16. The monoisotopic (exact) mass is 1950 g/mol. The molecule has 20 rings (SSSR count). The number of hydrogen-bond acceptors (Lipinski definition) is 49. The predicted octanol–water partition coefficient (Wildman–Crippen LogP) is -1.02. The Hall–Kier alpha value is -10.7. The van der Waals surface area contributed by atoms with Crippen molar-refractivity contribution in [3.63, 3.8) is 0 Å². The molecule has 0 amide bonds. The summed E-state index contributed by atoms with van der Waals surface area (Å²) < 4.78 is 163. The number of cyclic esters (lactones) is 1. The van der Waals surface area contributed by atoms with Gasteiger partial charge in [-0.05, 0) is 112 Å². The minimum absolute atomic E-state index is 0.0313. The molecular formula is C88H106O49. The van der Waals surface area contributed by atoms with Crippen LogP contribution in [0.4, 0.5) is 0 Å². The number of ether oxygens (including phenoxy) is 31. The Morgan fingerprint density at radius 2 is 0.737 bits per heavy atom. The molecule has 16 saturated heterocycles. The molecule has 16 aliphatic heterocycles. The molecule has 0 aromatic carbocycles. The zero-order valence-corrected chi connectivity index (χ0v) is 76.2. The Labute approximate surface area is 779 Å². The lowest BCUT2D eigenvalue weighted by atomic mass is 9.49. The van der Waals surface area contributed by atoms with Gasteiger partial charge in [0.15, 0.2) is 116 Å². The molecule has 4 aliphatic carbocycles. The van der Waals surface area contributed by atoms with Crippen molar-refractivity contribution in [3.05, 3.63) is 73.9 Å². The highest BCUT2D eigenvalue weighted by Crippen LogP contribution is 2.61. The fourth-order valence-electron chi connectivity index (χ4n) is 19.3. The van der Waals surface area contributed by atoms with Crippen LogP contribution in [0.3, 0.4) is 0 Å². The quantitative estimate of drug-likeness (QED) is 0.0744. The lowest BCUT2D eigenvalue weighted by Crippen LogP contribution is -2.50. The number of carbonyl (C=O) groups is 16. The van der Waals surface area contributed by atoms with Crippen LogP contribution in [-0.2, 0) is 224 Å². The van der Waals surface area contributed by atoms with Gasteiger partial charge in [0, 0.05) is 57.8 Å². The fraction of sp³-hybridized carbons (Fsp3) is 0.682.